The Balaban J connectivity index is 1.74. The molecule has 0 aliphatic carbocycles. The number of methoxy groups -OCH3 is 1. The van der Waals surface area contributed by atoms with Crippen molar-refractivity contribution in [2.75, 3.05) is 11.8 Å². The maximum atomic E-state index is 12.9. The number of sulfonamides is 1. The number of hydrogen-bond acceptors (Lipinski definition) is 6. The van der Waals surface area contributed by atoms with Crippen molar-refractivity contribution in [3.05, 3.63) is 65.7 Å². The van der Waals surface area contributed by atoms with Gasteiger partial charge in [-0.2, -0.15) is 0 Å². The molecule has 4 rings (SSSR count). The number of ether oxygens (including phenoxy) is 1. The Morgan fingerprint density at radius 1 is 1.04 bits per heavy atom. The summed E-state index contributed by atoms with van der Waals surface area (Å²) in [6.07, 6.45) is 0. The lowest BCUT2D eigenvalue weighted by Gasteiger charge is -2.11. The standard InChI is InChI=1S/C19H13NO5S2/c1-25-18(21)11-5-7-12(8-6-11)20-27(23,24)16-10-9-15-17-13(16)3-2-4-14(17)19(22)26-15/h2-10,20H,1H3. The van der Waals surface area contributed by atoms with E-state index in [2.05, 4.69) is 9.46 Å². The fraction of sp³-hybridized carbons (Fsp3) is 0.0526. The van der Waals surface area contributed by atoms with Crippen molar-refractivity contribution in [1.29, 1.82) is 0 Å². The first-order chi connectivity index (χ1) is 12.9. The second kappa shape index (κ2) is 6.40. The molecule has 0 atom stereocenters. The van der Waals surface area contributed by atoms with E-state index in [1.165, 1.54) is 37.4 Å². The third-order valence-corrected chi connectivity index (χ3v) is 6.64. The van der Waals surface area contributed by atoms with Gasteiger partial charge in [-0.25, -0.2) is 13.2 Å². The van der Waals surface area contributed by atoms with Crippen LogP contribution in [0.25, 0.3) is 10.8 Å². The van der Waals surface area contributed by atoms with Crippen molar-refractivity contribution in [1.82, 2.24) is 0 Å². The summed E-state index contributed by atoms with van der Waals surface area (Å²) in [6.45, 7) is 0. The molecule has 1 N–H and O–H groups in total. The van der Waals surface area contributed by atoms with Gasteiger partial charge in [0.2, 0.25) is 5.12 Å². The zero-order chi connectivity index (χ0) is 19.2. The van der Waals surface area contributed by atoms with Gasteiger partial charge in [-0.05, 0) is 54.2 Å². The number of carbonyl (C=O) groups excluding carboxylic acids is 2. The lowest BCUT2D eigenvalue weighted by Crippen LogP contribution is -2.13. The number of nitrogens with one attached hydrogen (secondary N) is 1. The number of rotatable bonds is 4. The average Bonchev–Trinajstić information content (AvgIpc) is 2.99. The number of esters is 1. The molecule has 1 aliphatic heterocycles. The van der Waals surface area contributed by atoms with Crippen molar-refractivity contribution in [3.63, 3.8) is 0 Å². The highest BCUT2D eigenvalue weighted by molar-refractivity contribution is 8.14. The minimum Gasteiger partial charge on any atom is -0.465 e. The highest BCUT2D eigenvalue weighted by atomic mass is 32.2. The fourth-order valence-electron chi connectivity index (χ4n) is 2.99. The smallest absolute Gasteiger partial charge is 0.337 e. The molecule has 0 amide bonds. The van der Waals surface area contributed by atoms with Crippen molar-refractivity contribution in [3.8, 4) is 0 Å². The molecule has 27 heavy (non-hydrogen) atoms. The zero-order valence-corrected chi connectivity index (χ0v) is 15.7. The molecule has 0 saturated heterocycles. The lowest BCUT2D eigenvalue weighted by molar-refractivity contribution is 0.0600. The summed E-state index contributed by atoms with van der Waals surface area (Å²) >= 11 is 1.10. The third-order valence-electron chi connectivity index (χ3n) is 4.23. The summed E-state index contributed by atoms with van der Waals surface area (Å²) in [6, 6.07) is 14.1. The van der Waals surface area contributed by atoms with Gasteiger partial charge >= 0.3 is 5.97 Å². The van der Waals surface area contributed by atoms with Crippen LogP contribution in [-0.2, 0) is 14.8 Å². The number of anilines is 1. The van der Waals surface area contributed by atoms with Gasteiger partial charge in [0.05, 0.1) is 17.6 Å². The van der Waals surface area contributed by atoms with Gasteiger partial charge in [0, 0.05) is 26.9 Å². The van der Waals surface area contributed by atoms with Crippen LogP contribution in [0.1, 0.15) is 20.7 Å². The van der Waals surface area contributed by atoms with E-state index < -0.39 is 16.0 Å². The van der Waals surface area contributed by atoms with Crippen LogP contribution in [0, 0.1) is 0 Å². The molecule has 0 fully saturated rings. The van der Waals surface area contributed by atoms with E-state index in [1.807, 2.05) is 0 Å². The van der Waals surface area contributed by atoms with E-state index in [4.69, 9.17) is 0 Å². The van der Waals surface area contributed by atoms with Crippen molar-refractivity contribution in [2.45, 2.75) is 9.79 Å². The third kappa shape index (κ3) is 2.96. The van der Waals surface area contributed by atoms with Crippen molar-refractivity contribution < 1.29 is 22.7 Å². The monoisotopic (exact) mass is 399 g/mol. The van der Waals surface area contributed by atoms with E-state index >= 15 is 0 Å². The predicted octanol–water partition coefficient (Wildman–Crippen LogP) is 3.67. The Labute approximate surface area is 159 Å². The van der Waals surface area contributed by atoms with E-state index in [0.717, 1.165) is 16.7 Å². The van der Waals surface area contributed by atoms with Crippen LogP contribution in [0.15, 0.2) is 64.4 Å². The van der Waals surface area contributed by atoms with Crippen LogP contribution < -0.4 is 4.72 Å². The molecule has 0 radical (unpaired) electrons. The molecule has 3 aromatic carbocycles. The summed E-state index contributed by atoms with van der Waals surface area (Å²) in [7, 11) is -2.61. The van der Waals surface area contributed by atoms with Gasteiger partial charge < -0.3 is 4.74 Å². The first kappa shape index (κ1) is 17.6. The molecule has 0 unspecified atom stereocenters. The first-order valence-electron chi connectivity index (χ1n) is 7.90. The molecule has 0 bridgehead atoms. The number of carbonyl (C=O) groups is 2. The first-order valence-corrected chi connectivity index (χ1v) is 10.2. The van der Waals surface area contributed by atoms with Crippen molar-refractivity contribution >= 4 is 49.3 Å². The van der Waals surface area contributed by atoms with Gasteiger partial charge in [-0.1, -0.05) is 12.1 Å². The SMILES string of the molecule is COC(=O)c1ccc(NS(=O)(=O)c2ccc3c4c(cccc24)C(=O)S3)cc1. The molecule has 8 heteroatoms. The maximum absolute atomic E-state index is 12.9. The molecular weight excluding hydrogens is 386 g/mol. The second-order valence-electron chi connectivity index (χ2n) is 5.85. The molecule has 0 saturated carbocycles. The van der Waals surface area contributed by atoms with Gasteiger partial charge in [-0.3, -0.25) is 9.52 Å². The fourth-order valence-corrected chi connectivity index (χ4v) is 5.20. The Morgan fingerprint density at radius 2 is 1.78 bits per heavy atom. The van der Waals surface area contributed by atoms with Gasteiger partial charge in [0.15, 0.2) is 0 Å². The molecule has 0 spiro atoms. The Kier molecular flexibility index (Phi) is 4.16. The molecule has 136 valence electrons. The van der Waals surface area contributed by atoms with Gasteiger partial charge in [0.25, 0.3) is 10.0 Å². The maximum Gasteiger partial charge on any atom is 0.337 e. The predicted molar refractivity (Wildman–Crippen MR) is 103 cm³/mol. The molecule has 3 aromatic rings. The molecule has 1 aliphatic rings. The average molecular weight is 399 g/mol. The normalized spacial score (nSPS) is 13.0. The van der Waals surface area contributed by atoms with E-state index in [-0.39, 0.29) is 10.0 Å². The van der Waals surface area contributed by atoms with Gasteiger partial charge in [0.1, 0.15) is 0 Å². The summed E-state index contributed by atoms with van der Waals surface area (Å²) in [5, 5.41) is 1.08. The summed E-state index contributed by atoms with van der Waals surface area (Å²) in [5.41, 5.74) is 1.16. The summed E-state index contributed by atoms with van der Waals surface area (Å²) in [5.74, 6) is -0.501. The quantitative estimate of drug-likeness (QED) is 0.673. The Morgan fingerprint density at radius 3 is 2.48 bits per heavy atom. The lowest BCUT2D eigenvalue weighted by atomic mass is 10.1. The number of thioether (sulfide) groups is 1. The summed E-state index contributed by atoms with van der Waals surface area (Å²) in [4.78, 5) is 24.4. The van der Waals surface area contributed by atoms with E-state index in [9.17, 15) is 18.0 Å². The van der Waals surface area contributed by atoms with E-state index in [1.54, 1.807) is 24.3 Å². The van der Waals surface area contributed by atoms with E-state index in [0.29, 0.717) is 27.6 Å². The van der Waals surface area contributed by atoms with Crippen LogP contribution in [0.4, 0.5) is 5.69 Å². The largest absolute Gasteiger partial charge is 0.465 e. The van der Waals surface area contributed by atoms with Crippen LogP contribution in [0.3, 0.4) is 0 Å². The number of hydrogen-bond donors (Lipinski definition) is 1. The van der Waals surface area contributed by atoms with Crippen molar-refractivity contribution in [2.24, 2.45) is 0 Å². The van der Waals surface area contributed by atoms with Crippen LogP contribution >= 0.6 is 11.8 Å². The van der Waals surface area contributed by atoms with Gasteiger partial charge in [-0.15, -0.1) is 0 Å². The molecule has 6 nitrogen and oxygen atoms in total. The molecular formula is C19H13NO5S2. The zero-order valence-electron chi connectivity index (χ0n) is 14.1. The number of benzene rings is 3. The summed E-state index contributed by atoms with van der Waals surface area (Å²) < 4.78 is 33.0. The molecule has 1 heterocycles. The Hall–Kier alpha value is -2.84. The highest BCUT2D eigenvalue weighted by Crippen LogP contribution is 2.42. The topological polar surface area (TPSA) is 89.5 Å². The van der Waals surface area contributed by atoms with Crippen LogP contribution in [0.5, 0.6) is 0 Å². The van der Waals surface area contributed by atoms with Crippen LogP contribution in [0.2, 0.25) is 0 Å². The molecule has 0 aromatic heterocycles. The Bertz CT molecular complexity index is 1200. The minimum atomic E-state index is -3.89. The highest BCUT2D eigenvalue weighted by Gasteiger charge is 2.27. The minimum absolute atomic E-state index is 0.0866. The van der Waals surface area contributed by atoms with Crippen LogP contribution in [-0.4, -0.2) is 26.6 Å². The second-order valence-corrected chi connectivity index (χ2v) is 8.52.